The van der Waals surface area contributed by atoms with Gasteiger partial charge in [0.1, 0.15) is 4.90 Å². The number of halogens is 1. The van der Waals surface area contributed by atoms with Crippen molar-refractivity contribution >= 4 is 27.3 Å². The molecule has 1 saturated heterocycles. The second kappa shape index (κ2) is 5.89. The number of hydrogen-bond acceptors (Lipinski definition) is 4. The SMILES string of the molecule is CCN1CCN(S(=O)(=O)c2c(N)cccc2Cl)CC1C. The average molecular weight is 318 g/mol. The molecule has 2 N–H and O–H groups in total. The van der Waals surface area contributed by atoms with Gasteiger partial charge < -0.3 is 5.73 Å². The molecule has 1 aromatic rings. The van der Waals surface area contributed by atoms with E-state index >= 15 is 0 Å². The van der Waals surface area contributed by atoms with Crippen LogP contribution in [0.25, 0.3) is 0 Å². The molecule has 0 aromatic heterocycles. The number of likely N-dealkylation sites (N-methyl/N-ethyl adjacent to an activating group) is 1. The first kappa shape index (κ1) is 15.6. The molecule has 1 aliphatic rings. The minimum atomic E-state index is -3.64. The third-order valence-corrected chi connectivity index (χ3v) is 6.14. The monoisotopic (exact) mass is 317 g/mol. The summed E-state index contributed by atoms with van der Waals surface area (Å²) in [6, 6.07) is 4.95. The summed E-state index contributed by atoms with van der Waals surface area (Å²) in [4.78, 5) is 2.28. The van der Waals surface area contributed by atoms with Gasteiger partial charge in [-0.2, -0.15) is 4.31 Å². The van der Waals surface area contributed by atoms with Crippen LogP contribution >= 0.6 is 11.6 Å². The molecular weight excluding hydrogens is 298 g/mol. The minimum absolute atomic E-state index is 0.0267. The van der Waals surface area contributed by atoms with Gasteiger partial charge in [0.15, 0.2) is 0 Å². The van der Waals surface area contributed by atoms with Crippen molar-refractivity contribution < 1.29 is 8.42 Å². The van der Waals surface area contributed by atoms with Crippen LogP contribution in [0.5, 0.6) is 0 Å². The van der Waals surface area contributed by atoms with Gasteiger partial charge in [0.2, 0.25) is 10.0 Å². The lowest BCUT2D eigenvalue weighted by molar-refractivity contribution is 0.136. The van der Waals surface area contributed by atoms with Gasteiger partial charge in [-0.25, -0.2) is 8.42 Å². The van der Waals surface area contributed by atoms with E-state index in [1.807, 2.05) is 6.92 Å². The molecule has 0 bridgehead atoms. The number of piperazine rings is 1. The maximum absolute atomic E-state index is 12.7. The van der Waals surface area contributed by atoms with Gasteiger partial charge in [0, 0.05) is 25.7 Å². The zero-order valence-corrected chi connectivity index (χ0v) is 13.3. The van der Waals surface area contributed by atoms with Crippen LogP contribution in [0, 0.1) is 0 Å². The molecule has 1 aromatic carbocycles. The fraction of sp³-hybridized carbons (Fsp3) is 0.538. The highest BCUT2D eigenvalue weighted by Crippen LogP contribution is 2.30. The van der Waals surface area contributed by atoms with Crippen LogP contribution in [0.15, 0.2) is 23.1 Å². The van der Waals surface area contributed by atoms with E-state index in [2.05, 4.69) is 11.8 Å². The summed E-state index contributed by atoms with van der Waals surface area (Å²) in [5, 5.41) is 0.176. The molecule has 1 heterocycles. The maximum Gasteiger partial charge on any atom is 0.246 e. The van der Waals surface area contributed by atoms with E-state index in [0.29, 0.717) is 13.1 Å². The third-order valence-electron chi connectivity index (χ3n) is 3.73. The molecular formula is C13H20ClN3O2S. The van der Waals surface area contributed by atoms with Gasteiger partial charge in [0.05, 0.1) is 10.7 Å². The third kappa shape index (κ3) is 2.79. The Labute approximate surface area is 125 Å². The van der Waals surface area contributed by atoms with E-state index in [1.165, 1.54) is 4.31 Å². The van der Waals surface area contributed by atoms with Crippen LogP contribution in [0.2, 0.25) is 5.02 Å². The molecule has 1 atom stereocenters. The lowest BCUT2D eigenvalue weighted by atomic mass is 10.2. The fourth-order valence-corrected chi connectivity index (χ4v) is 4.72. The van der Waals surface area contributed by atoms with Gasteiger partial charge in [-0.3, -0.25) is 4.90 Å². The van der Waals surface area contributed by atoms with Crippen molar-refractivity contribution in [3.63, 3.8) is 0 Å². The number of nitrogens with zero attached hydrogens (tertiary/aromatic N) is 2. The summed E-state index contributed by atoms with van der Waals surface area (Å²) in [5.74, 6) is 0. The molecule has 0 radical (unpaired) electrons. The van der Waals surface area contributed by atoms with E-state index < -0.39 is 10.0 Å². The van der Waals surface area contributed by atoms with Crippen LogP contribution in [0.3, 0.4) is 0 Å². The lowest BCUT2D eigenvalue weighted by Gasteiger charge is -2.38. The zero-order chi connectivity index (χ0) is 14.9. The van der Waals surface area contributed by atoms with Crippen molar-refractivity contribution in [2.45, 2.75) is 24.8 Å². The van der Waals surface area contributed by atoms with E-state index in [0.717, 1.165) is 13.1 Å². The Morgan fingerprint density at radius 3 is 2.65 bits per heavy atom. The molecule has 0 spiro atoms. The van der Waals surface area contributed by atoms with E-state index in [1.54, 1.807) is 18.2 Å². The number of anilines is 1. The Bertz CT molecular complexity index is 571. The summed E-state index contributed by atoms with van der Waals surface area (Å²) in [7, 11) is -3.64. The highest BCUT2D eigenvalue weighted by Gasteiger charge is 2.33. The summed E-state index contributed by atoms with van der Waals surface area (Å²) < 4.78 is 26.9. The summed E-state index contributed by atoms with van der Waals surface area (Å²) in [5.41, 5.74) is 6.00. The molecule has 1 aliphatic heterocycles. The van der Waals surface area contributed by atoms with Crippen molar-refractivity contribution in [1.82, 2.24) is 9.21 Å². The predicted molar refractivity (Wildman–Crippen MR) is 81.3 cm³/mol. The summed E-state index contributed by atoms with van der Waals surface area (Å²) >= 11 is 6.03. The Kier molecular flexibility index (Phi) is 4.59. The zero-order valence-electron chi connectivity index (χ0n) is 11.7. The van der Waals surface area contributed by atoms with Crippen LogP contribution in [0.1, 0.15) is 13.8 Å². The van der Waals surface area contributed by atoms with Crippen molar-refractivity contribution in [2.24, 2.45) is 0 Å². The number of rotatable bonds is 3. The Morgan fingerprint density at radius 2 is 2.10 bits per heavy atom. The Hall–Kier alpha value is -0.820. The fourth-order valence-electron chi connectivity index (χ4n) is 2.58. The number of nitrogens with two attached hydrogens (primary N) is 1. The molecule has 0 amide bonds. The lowest BCUT2D eigenvalue weighted by Crippen LogP contribution is -2.53. The number of sulfonamides is 1. The van der Waals surface area contributed by atoms with Crippen molar-refractivity contribution in [3.8, 4) is 0 Å². The highest BCUT2D eigenvalue weighted by atomic mass is 35.5. The molecule has 7 heteroatoms. The number of benzene rings is 1. The van der Waals surface area contributed by atoms with Gasteiger partial charge in [-0.1, -0.05) is 24.6 Å². The maximum atomic E-state index is 12.7. The Morgan fingerprint density at radius 1 is 1.40 bits per heavy atom. The average Bonchev–Trinajstić information content (AvgIpc) is 2.38. The molecule has 1 fully saturated rings. The largest absolute Gasteiger partial charge is 0.398 e. The van der Waals surface area contributed by atoms with Crippen LogP contribution in [-0.4, -0.2) is 49.8 Å². The van der Waals surface area contributed by atoms with Crippen LogP contribution in [-0.2, 0) is 10.0 Å². The van der Waals surface area contributed by atoms with E-state index in [-0.39, 0.29) is 21.6 Å². The van der Waals surface area contributed by atoms with E-state index in [9.17, 15) is 8.42 Å². The molecule has 20 heavy (non-hydrogen) atoms. The standard InChI is InChI=1S/C13H20ClN3O2S/c1-3-16-7-8-17(9-10(16)2)20(18,19)13-11(14)5-4-6-12(13)15/h4-6,10H,3,7-9,15H2,1-2H3. The molecule has 2 rings (SSSR count). The highest BCUT2D eigenvalue weighted by molar-refractivity contribution is 7.89. The smallest absolute Gasteiger partial charge is 0.246 e. The Balaban J connectivity index is 2.33. The second-order valence-corrected chi connectivity index (χ2v) is 7.28. The number of nitrogen functional groups attached to an aromatic ring is 1. The molecule has 0 saturated carbocycles. The molecule has 112 valence electrons. The molecule has 0 aliphatic carbocycles. The minimum Gasteiger partial charge on any atom is -0.398 e. The summed E-state index contributed by atoms with van der Waals surface area (Å²) in [6.07, 6.45) is 0. The molecule has 1 unspecified atom stereocenters. The normalized spacial score (nSPS) is 22.1. The predicted octanol–water partition coefficient (Wildman–Crippen LogP) is 1.64. The van der Waals surface area contributed by atoms with Crippen molar-refractivity contribution in [3.05, 3.63) is 23.2 Å². The summed E-state index contributed by atoms with van der Waals surface area (Å²) in [6.45, 7) is 6.67. The first-order valence-electron chi connectivity index (χ1n) is 6.66. The number of hydrogen-bond donors (Lipinski definition) is 1. The topological polar surface area (TPSA) is 66.6 Å². The van der Waals surface area contributed by atoms with Gasteiger partial charge in [-0.15, -0.1) is 0 Å². The van der Waals surface area contributed by atoms with Crippen LogP contribution < -0.4 is 5.73 Å². The van der Waals surface area contributed by atoms with E-state index in [4.69, 9.17) is 17.3 Å². The van der Waals surface area contributed by atoms with Crippen molar-refractivity contribution in [1.29, 1.82) is 0 Å². The quantitative estimate of drug-likeness (QED) is 0.861. The van der Waals surface area contributed by atoms with Gasteiger partial charge in [-0.05, 0) is 25.6 Å². The van der Waals surface area contributed by atoms with Gasteiger partial charge >= 0.3 is 0 Å². The first-order valence-corrected chi connectivity index (χ1v) is 8.48. The van der Waals surface area contributed by atoms with Gasteiger partial charge in [0.25, 0.3) is 0 Å². The first-order chi connectivity index (χ1) is 9.37. The van der Waals surface area contributed by atoms with Crippen molar-refractivity contribution in [2.75, 3.05) is 31.9 Å². The molecule has 5 nitrogen and oxygen atoms in total. The second-order valence-electron chi connectivity index (χ2n) is 5.00. The van der Waals surface area contributed by atoms with Crippen LogP contribution in [0.4, 0.5) is 5.69 Å².